The van der Waals surface area contributed by atoms with Gasteiger partial charge >= 0.3 is 0 Å². The first-order valence-corrected chi connectivity index (χ1v) is 8.54. The van der Waals surface area contributed by atoms with Gasteiger partial charge in [-0.05, 0) is 37.3 Å². The van der Waals surface area contributed by atoms with E-state index in [0.717, 1.165) is 5.56 Å². The third-order valence-electron chi connectivity index (χ3n) is 4.29. The largest absolute Gasteiger partial charge is 0.495 e. The molecule has 0 radical (unpaired) electrons. The molecule has 2 N–H and O–H groups in total. The summed E-state index contributed by atoms with van der Waals surface area (Å²) in [6, 6.07) is 11.6. The van der Waals surface area contributed by atoms with Crippen LogP contribution in [0.3, 0.4) is 0 Å². The molecule has 0 saturated carbocycles. The normalized spacial score (nSPS) is 16.4. The van der Waals surface area contributed by atoms with Gasteiger partial charge < -0.3 is 15.4 Å². The molecule has 7 heteroatoms. The van der Waals surface area contributed by atoms with Crippen LogP contribution in [0.4, 0.5) is 17.1 Å². The highest BCUT2D eigenvalue weighted by atomic mass is 16.5. The Bertz CT molecular complexity index is 893. The maximum atomic E-state index is 12.8. The van der Waals surface area contributed by atoms with E-state index in [2.05, 4.69) is 10.6 Å². The quantitative estimate of drug-likeness (QED) is 0.794. The van der Waals surface area contributed by atoms with Crippen molar-refractivity contribution in [3.8, 4) is 5.75 Å². The Labute approximate surface area is 157 Å². The molecule has 1 aliphatic heterocycles. The highest BCUT2D eigenvalue weighted by molar-refractivity contribution is 6.23. The Balaban J connectivity index is 1.83. The number of hydrogen-bond donors (Lipinski definition) is 2. The molecular weight excluding hydrogens is 346 g/mol. The number of imide groups is 1. The highest BCUT2D eigenvalue weighted by Crippen LogP contribution is 2.31. The summed E-state index contributed by atoms with van der Waals surface area (Å²) in [7, 11) is 1.51. The van der Waals surface area contributed by atoms with Crippen LogP contribution in [0.1, 0.15) is 18.9 Å². The third kappa shape index (κ3) is 3.92. The van der Waals surface area contributed by atoms with Gasteiger partial charge in [0.25, 0.3) is 5.91 Å². The van der Waals surface area contributed by atoms with Crippen molar-refractivity contribution in [2.24, 2.45) is 0 Å². The van der Waals surface area contributed by atoms with Crippen molar-refractivity contribution >= 4 is 34.8 Å². The molecule has 3 amide bonds. The molecule has 140 valence electrons. The predicted octanol–water partition coefficient (Wildman–Crippen LogP) is 2.71. The molecular formula is C20H21N3O4. The van der Waals surface area contributed by atoms with E-state index in [9.17, 15) is 14.4 Å². The molecule has 1 saturated heterocycles. The molecule has 3 rings (SSSR count). The van der Waals surface area contributed by atoms with E-state index in [1.54, 1.807) is 30.3 Å². The second-order valence-corrected chi connectivity index (χ2v) is 6.40. The lowest BCUT2D eigenvalue weighted by Gasteiger charge is -2.18. The smallest absolute Gasteiger partial charge is 0.256 e. The minimum absolute atomic E-state index is 0.0419. The van der Waals surface area contributed by atoms with E-state index in [1.165, 1.54) is 18.9 Å². The molecule has 1 unspecified atom stereocenters. The van der Waals surface area contributed by atoms with E-state index < -0.39 is 6.04 Å². The van der Waals surface area contributed by atoms with Crippen LogP contribution in [-0.4, -0.2) is 30.9 Å². The molecule has 0 aromatic heterocycles. The fraction of sp³-hybridized carbons (Fsp3) is 0.250. The monoisotopic (exact) mass is 367 g/mol. The number of amides is 3. The van der Waals surface area contributed by atoms with Crippen LogP contribution in [0.15, 0.2) is 42.5 Å². The molecule has 2 aromatic carbocycles. The number of carbonyl (C=O) groups excluding carboxylic acids is 3. The number of carbonyl (C=O) groups is 3. The minimum Gasteiger partial charge on any atom is -0.495 e. The summed E-state index contributed by atoms with van der Waals surface area (Å²) in [6.45, 7) is 3.35. The van der Waals surface area contributed by atoms with Gasteiger partial charge in [-0.15, -0.1) is 0 Å². The maximum Gasteiger partial charge on any atom is 0.256 e. The maximum absolute atomic E-state index is 12.8. The van der Waals surface area contributed by atoms with Crippen LogP contribution >= 0.6 is 0 Å². The lowest BCUT2D eigenvalue weighted by atomic mass is 10.2. The van der Waals surface area contributed by atoms with Gasteiger partial charge in [0, 0.05) is 12.6 Å². The summed E-state index contributed by atoms with van der Waals surface area (Å²) in [5, 5.41) is 5.76. The van der Waals surface area contributed by atoms with Crippen LogP contribution in [0.2, 0.25) is 0 Å². The average molecular weight is 367 g/mol. The Hall–Kier alpha value is -3.35. The van der Waals surface area contributed by atoms with Crippen molar-refractivity contribution in [2.45, 2.75) is 26.3 Å². The van der Waals surface area contributed by atoms with Crippen molar-refractivity contribution in [2.75, 3.05) is 22.6 Å². The summed E-state index contributed by atoms with van der Waals surface area (Å²) < 4.78 is 5.32. The van der Waals surface area contributed by atoms with Crippen LogP contribution in [0.25, 0.3) is 0 Å². The van der Waals surface area contributed by atoms with Crippen LogP contribution < -0.4 is 20.3 Å². The van der Waals surface area contributed by atoms with E-state index in [0.29, 0.717) is 22.8 Å². The van der Waals surface area contributed by atoms with Gasteiger partial charge in [0.05, 0.1) is 24.9 Å². The number of nitrogens with one attached hydrogen (secondary N) is 2. The summed E-state index contributed by atoms with van der Waals surface area (Å²) in [6.07, 6.45) is 0.0419. The SMILES string of the molecule is COc1ccc(NC(C)=O)cc1NC1CC(=O)N(c2ccc(C)cc2)C1=O. The standard InChI is InChI=1S/C20H21N3O4/c1-12-4-7-15(8-5-12)23-19(25)11-17(20(23)26)22-16-10-14(21-13(2)24)6-9-18(16)27-3/h4-10,17,22H,11H2,1-3H3,(H,21,24). The number of benzene rings is 2. The molecule has 0 spiro atoms. The fourth-order valence-electron chi connectivity index (χ4n) is 3.00. The molecule has 7 nitrogen and oxygen atoms in total. The van der Waals surface area contributed by atoms with E-state index in [4.69, 9.17) is 4.74 Å². The van der Waals surface area contributed by atoms with Gasteiger partial charge in [0.1, 0.15) is 11.8 Å². The predicted molar refractivity (Wildman–Crippen MR) is 103 cm³/mol. The fourth-order valence-corrected chi connectivity index (χ4v) is 3.00. The summed E-state index contributed by atoms with van der Waals surface area (Å²) in [4.78, 5) is 37.7. The van der Waals surface area contributed by atoms with Gasteiger partial charge in [-0.3, -0.25) is 14.4 Å². The number of aryl methyl sites for hydroxylation is 1. The first-order valence-electron chi connectivity index (χ1n) is 8.54. The van der Waals surface area contributed by atoms with Gasteiger partial charge in [-0.25, -0.2) is 4.90 Å². The van der Waals surface area contributed by atoms with Gasteiger partial charge in [0.15, 0.2) is 0 Å². The summed E-state index contributed by atoms with van der Waals surface area (Å²) in [5.41, 5.74) is 2.70. The first-order chi connectivity index (χ1) is 12.9. The van der Waals surface area contributed by atoms with Crippen molar-refractivity contribution < 1.29 is 19.1 Å². The van der Waals surface area contributed by atoms with Crippen molar-refractivity contribution in [3.63, 3.8) is 0 Å². The zero-order valence-corrected chi connectivity index (χ0v) is 15.4. The molecule has 1 atom stereocenters. The summed E-state index contributed by atoms with van der Waals surface area (Å²) in [5.74, 6) is -0.281. The van der Waals surface area contributed by atoms with Gasteiger partial charge in [-0.2, -0.15) is 0 Å². The molecule has 27 heavy (non-hydrogen) atoms. The van der Waals surface area contributed by atoms with Crippen LogP contribution in [0, 0.1) is 6.92 Å². The van der Waals surface area contributed by atoms with E-state index in [-0.39, 0.29) is 24.1 Å². The second-order valence-electron chi connectivity index (χ2n) is 6.40. The number of anilines is 3. The van der Waals surface area contributed by atoms with E-state index >= 15 is 0 Å². The Morgan fingerprint density at radius 3 is 2.48 bits per heavy atom. The molecule has 2 aromatic rings. The van der Waals surface area contributed by atoms with Crippen molar-refractivity contribution in [1.29, 1.82) is 0 Å². The number of hydrogen-bond acceptors (Lipinski definition) is 5. The highest BCUT2D eigenvalue weighted by Gasteiger charge is 2.39. The van der Waals surface area contributed by atoms with Crippen LogP contribution in [-0.2, 0) is 14.4 Å². The Morgan fingerprint density at radius 2 is 1.85 bits per heavy atom. The third-order valence-corrected chi connectivity index (χ3v) is 4.29. The van der Waals surface area contributed by atoms with Gasteiger partial charge in [0.2, 0.25) is 11.8 Å². The number of ether oxygens (including phenoxy) is 1. The number of methoxy groups -OCH3 is 1. The molecule has 1 heterocycles. The average Bonchev–Trinajstić information content (AvgIpc) is 2.89. The lowest BCUT2D eigenvalue weighted by Crippen LogP contribution is -2.34. The zero-order chi connectivity index (χ0) is 19.6. The minimum atomic E-state index is -0.708. The van der Waals surface area contributed by atoms with Crippen LogP contribution in [0.5, 0.6) is 5.75 Å². The Morgan fingerprint density at radius 1 is 1.15 bits per heavy atom. The number of nitrogens with zero attached hydrogens (tertiary/aromatic N) is 1. The molecule has 0 bridgehead atoms. The topological polar surface area (TPSA) is 87.7 Å². The zero-order valence-electron chi connectivity index (χ0n) is 15.4. The first kappa shape index (κ1) is 18.4. The van der Waals surface area contributed by atoms with Gasteiger partial charge in [-0.1, -0.05) is 17.7 Å². The Kier molecular flexibility index (Phi) is 5.12. The summed E-state index contributed by atoms with van der Waals surface area (Å²) >= 11 is 0. The second kappa shape index (κ2) is 7.49. The van der Waals surface area contributed by atoms with Crippen molar-refractivity contribution in [3.05, 3.63) is 48.0 Å². The number of rotatable bonds is 5. The lowest BCUT2D eigenvalue weighted by molar-refractivity contribution is -0.121. The molecule has 1 fully saturated rings. The van der Waals surface area contributed by atoms with Crippen molar-refractivity contribution in [1.82, 2.24) is 0 Å². The molecule has 0 aliphatic carbocycles. The van der Waals surface area contributed by atoms with E-state index in [1.807, 2.05) is 19.1 Å². The molecule has 1 aliphatic rings.